The summed E-state index contributed by atoms with van der Waals surface area (Å²) in [6, 6.07) is 13.5. The zero-order chi connectivity index (χ0) is 22.6. The van der Waals surface area contributed by atoms with Crippen molar-refractivity contribution in [3.05, 3.63) is 78.1 Å². The van der Waals surface area contributed by atoms with Gasteiger partial charge in [-0.2, -0.15) is 0 Å². The number of nitrogens with one attached hydrogen (secondary N) is 2. The third kappa shape index (κ3) is 4.82. The van der Waals surface area contributed by atoms with Crippen molar-refractivity contribution in [2.24, 2.45) is 4.99 Å². The Morgan fingerprint density at radius 2 is 1.91 bits per heavy atom. The lowest BCUT2D eigenvalue weighted by Crippen LogP contribution is -2.11. The quantitative estimate of drug-likeness (QED) is 0.449. The minimum absolute atomic E-state index is 0.236. The van der Waals surface area contributed by atoms with Crippen LogP contribution < -0.4 is 15.4 Å². The Labute approximate surface area is 189 Å². The standard InChI is InChI=1S/C24H21FN6O2/c1-15-8-18(3-5-22(15)33-13-16-9-17(25)12-26-11-16)30-23-20-10-19(31-24-27-6-7-32-24)2-4-21(20)28-14-29-23/h2-5,8-12,14H,6-7,13H2,1H3,(H,27,31)(H,28,29,30). The van der Waals surface area contributed by atoms with Crippen LogP contribution in [0.15, 0.2) is 66.2 Å². The topological polar surface area (TPSA) is 93.6 Å². The largest absolute Gasteiger partial charge is 0.489 e. The molecule has 0 spiro atoms. The van der Waals surface area contributed by atoms with Crippen LogP contribution in [0.1, 0.15) is 11.1 Å². The molecule has 5 rings (SSSR count). The summed E-state index contributed by atoms with van der Waals surface area (Å²) in [5.74, 6) is 1.00. The van der Waals surface area contributed by atoms with Gasteiger partial charge in [-0.25, -0.2) is 19.4 Å². The lowest BCUT2D eigenvalue weighted by Gasteiger charge is -2.13. The number of hydrogen-bond donors (Lipinski definition) is 2. The number of rotatable bonds is 6. The van der Waals surface area contributed by atoms with Crippen molar-refractivity contribution in [3.8, 4) is 5.75 Å². The van der Waals surface area contributed by atoms with E-state index in [4.69, 9.17) is 9.47 Å². The molecule has 2 N–H and O–H groups in total. The third-order valence-electron chi connectivity index (χ3n) is 5.07. The number of halogens is 1. The molecule has 1 aliphatic rings. The summed E-state index contributed by atoms with van der Waals surface area (Å²) in [6.07, 6.45) is 4.28. The van der Waals surface area contributed by atoms with E-state index in [0.29, 0.717) is 36.3 Å². The molecule has 0 aliphatic carbocycles. The van der Waals surface area contributed by atoms with E-state index in [1.54, 1.807) is 6.20 Å². The maximum absolute atomic E-state index is 13.3. The number of benzene rings is 2. The van der Waals surface area contributed by atoms with Gasteiger partial charge in [0.25, 0.3) is 6.02 Å². The normalized spacial score (nSPS) is 12.8. The molecule has 0 saturated heterocycles. The fraction of sp³-hybridized carbons (Fsp3) is 0.167. The molecule has 0 radical (unpaired) electrons. The van der Waals surface area contributed by atoms with E-state index in [9.17, 15) is 4.39 Å². The van der Waals surface area contributed by atoms with E-state index in [1.165, 1.54) is 18.6 Å². The van der Waals surface area contributed by atoms with Gasteiger partial charge in [0.05, 0.1) is 18.3 Å². The molecule has 0 unspecified atom stereocenters. The van der Waals surface area contributed by atoms with E-state index in [-0.39, 0.29) is 12.4 Å². The fourth-order valence-electron chi connectivity index (χ4n) is 3.49. The van der Waals surface area contributed by atoms with Crippen molar-refractivity contribution in [1.82, 2.24) is 15.0 Å². The van der Waals surface area contributed by atoms with Gasteiger partial charge in [0.2, 0.25) is 0 Å². The van der Waals surface area contributed by atoms with Gasteiger partial charge in [0.15, 0.2) is 0 Å². The predicted octanol–water partition coefficient (Wildman–Crippen LogP) is 4.59. The lowest BCUT2D eigenvalue weighted by atomic mass is 10.1. The Balaban J connectivity index is 1.33. The van der Waals surface area contributed by atoms with E-state index < -0.39 is 0 Å². The fourth-order valence-corrected chi connectivity index (χ4v) is 3.49. The highest BCUT2D eigenvalue weighted by molar-refractivity contribution is 5.97. The monoisotopic (exact) mass is 444 g/mol. The maximum Gasteiger partial charge on any atom is 0.289 e. The van der Waals surface area contributed by atoms with Gasteiger partial charge in [0.1, 0.15) is 36.9 Å². The van der Waals surface area contributed by atoms with Gasteiger partial charge >= 0.3 is 0 Å². The number of pyridine rings is 1. The predicted molar refractivity (Wildman–Crippen MR) is 124 cm³/mol. The summed E-state index contributed by atoms with van der Waals surface area (Å²) in [6.45, 7) is 3.43. The average molecular weight is 444 g/mol. The number of aryl methyl sites for hydroxylation is 1. The third-order valence-corrected chi connectivity index (χ3v) is 5.07. The van der Waals surface area contributed by atoms with Crippen molar-refractivity contribution < 1.29 is 13.9 Å². The first-order chi connectivity index (χ1) is 16.1. The zero-order valence-electron chi connectivity index (χ0n) is 17.9. The minimum atomic E-state index is -0.383. The summed E-state index contributed by atoms with van der Waals surface area (Å²) in [5.41, 5.74) is 4.11. The second kappa shape index (κ2) is 9.07. The Hall–Kier alpha value is -4.27. The van der Waals surface area contributed by atoms with Crippen LogP contribution in [0.2, 0.25) is 0 Å². The van der Waals surface area contributed by atoms with Crippen LogP contribution in [0.25, 0.3) is 10.9 Å². The molecule has 0 bridgehead atoms. The molecule has 0 amide bonds. The Morgan fingerprint density at radius 1 is 1.03 bits per heavy atom. The van der Waals surface area contributed by atoms with Crippen LogP contribution >= 0.6 is 0 Å². The van der Waals surface area contributed by atoms with Gasteiger partial charge in [-0.3, -0.25) is 4.98 Å². The molecule has 9 heteroatoms. The SMILES string of the molecule is Cc1cc(Nc2ncnc3ccc(NC4=NCCO4)cc23)ccc1OCc1cncc(F)c1. The summed E-state index contributed by atoms with van der Waals surface area (Å²) in [7, 11) is 0. The summed E-state index contributed by atoms with van der Waals surface area (Å²) in [4.78, 5) is 16.9. The number of aliphatic imine (C=N–C) groups is 1. The summed E-state index contributed by atoms with van der Waals surface area (Å²) in [5, 5.41) is 7.39. The van der Waals surface area contributed by atoms with Gasteiger partial charge in [0, 0.05) is 28.5 Å². The molecule has 2 aromatic carbocycles. The molecule has 33 heavy (non-hydrogen) atoms. The van der Waals surface area contributed by atoms with E-state index in [1.807, 2.05) is 43.3 Å². The van der Waals surface area contributed by atoms with Crippen molar-refractivity contribution in [2.45, 2.75) is 13.5 Å². The van der Waals surface area contributed by atoms with Crippen LogP contribution in [0.5, 0.6) is 5.75 Å². The first-order valence-corrected chi connectivity index (χ1v) is 10.4. The van der Waals surface area contributed by atoms with E-state index >= 15 is 0 Å². The number of ether oxygens (including phenoxy) is 2. The molecule has 0 atom stereocenters. The van der Waals surface area contributed by atoms with Crippen molar-refractivity contribution >= 4 is 34.1 Å². The molecular weight excluding hydrogens is 423 g/mol. The molecule has 8 nitrogen and oxygen atoms in total. The number of hydrogen-bond acceptors (Lipinski definition) is 8. The zero-order valence-corrected chi connectivity index (χ0v) is 17.9. The first-order valence-electron chi connectivity index (χ1n) is 10.4. The molecule has 0 fully saturated rings. The first kappa shape index (κ1) is 20.6. The van der Waals surface area contributed by atoms with E-state index in [2.05, 4.69) is 30.6 Å². The second-order valence-electron chi connectivity index (χ2n) is 7.52. The molecular formula is C24H21FN6O2. The summed E-state index contributed by atoms with van der Waals surface area (Å²) < 4.78 is 24.6. The van der Waals surface area contributed by atoms with Crippen molar-refractivity contribution in [2.75, 3.05) is 23.8 Å². The lowest BCUT2D eigenvalue weighted by molar-refractivity contribution is 0.303. The highest BCUT2D eigenvalue weighted by Crippen LogP contribution is 2.29. The molecule has 4 aromatic rings. The number of anilines is 3. The Bertz CT molecular complexity index is 1340. The molecule has 1 aliphatic heterocycles. The van der Waals surface area contributed by atoms with Gasteiger partial charge in [-0.15, -0.1) is 0 Å². The highest BCUT2D eigenvalue weighted by atomic mass is 19.1. The smallest absolute Gasteiger partial charge is 0.289 e. The molecule has 2 aromatic heterocycles. The molecule has 166 valence electrons. The van der Waals surface area contributed by atoms with Crippen LogP contribution in [0.4, 0.5) is 21.6 Å². The Kier molecular flexibility index (Phi) is 5.67. The number of fused-ring (bicyclic) bond motifs is 1. The number of amidine groups is 1. The van der Waals surface area contributed by atoms with E-state index in [0.717, 1.165) is 27.8 Å². The maximum atomic E-state index is 13.3. The van der Waals surface area contributed by atoms with Gasteiger partial charge in [-0.1, -0.05) is 0 Å². The Morgan fingerprint density at radius 3 is 2.73 bits per heavy atom. The highest BCUT2D eigenvalue weighted by Gasteiger charge is 2.11. The number of nitrogens with zero attached hydrogens (tertiary/aromatic N) is 4. The van der Waals surface area contributed by atoms with Gasteiger partial charge < -0.3 is 20.1 Å². The van der Waals surface area contributed by atoms with Crippen LogP contribution in [-0.2, 0) is 11.3 Å². The van der Waals surface area contributed by atoms with Crippen molar-refractivity contribution in [1.29, 1.82) is 0 Å². The van der Waals surface area contributed by atoms with Crippen molar-refractivity contribution in [3.63, 3.8) is 0 Å². The summed E-state index contributed by atoms with van der Waals surface area (Å²) >= 11 is 0. The minimum Gasteiger partial charge on any atom is -0.489 e. The van der Waals surface area contributed by atoms with Gasteiger partial charge in [-0.05, 0) is 55.0 Å². The molecule has 0 saturated carbocycles. The average Bonchev–Trinajstić information content (AvgIpc) is 3.32. The number of aromatic nitrogens is 3. The van der Waals surface area contributed by atoms with Crippen LogP contribution in [0, 0.1) is 12.7 Å². The van der Waals surface area contributed by atoms with Crippen LogP contribution in [0.3, 0.4) is 0 Å². The molecule has 3 heterocycles. The van der Waals surface area contributed by atoms with Crippen LogP contribution in [-0.4, -0.2) is 34.1 Å². The second-order valence-corrected chi connectivity index (χ2v) is 7.52.